The van der Waals surface area contributed by atoms with Gasteiger partial charge < -0.3 is 9.88 Å². The van der Waals surface area contributed by atoms with Crippen molar-refractivity contribution in [3.05, 3.63) is 58.5 Å². The molecule has 2 heterocycles. The molecule has 116 valence electrons. The Bertz CT molecular complexity index is 927. The maximum Gasteiger partial charge on any atom is 0.263 e. The van der Waals surface area contributed by atoms with E-state index in [4.69, 9.17) is 0 Å². The zero-order chi connectivity index (χ0) is 16.4. The number of anilines is 1. The monoisotopic (exact) mass is 310 g/mol. The largest absolute Gasteiger partial charge is 0.322 e. The summed E-state index contributed by atoms with van der Waals surface area (Å²) >= 11 is 0. The number of benzene rings is 1. The molecule has 1 N–H and O–H groups in total. The number of rotatable bonds is 3. The van der Waals surface area contributed by atoms with E-state index in [-0.39, 0.29) is 11.1 Å². The number of carbonyl (C=O) groups excluding carboxylic acids is 1. The van der Waals surface area contributed by atoms with Gasteiger partial charge in [0.2, 0.25) is 0 Å². The van der Waals surface area contributed by atoms with E-state index in [0.717, 1.165) is 5.56 Å². The topological polar surface area (TPSA) is 94.7 Å². The fourth-order valence-electron chi connectivity index (χ4n) is 2.18. The van der Waals surface area contributed by atoms with Crippen LogP contribution in [0, 0.1) is 0 Å². The van der Waals surface area contributed by atoms with Gasteiger partial charge in [0.25, 0.3) is 11.5 Å². The molecule has 1 amide bonds. The highest BCUT2D eigenvalue weighted by Gasteiger charge is 2.12. The summed E-state index contributed by atoms with van der Waals surface area (Å²) < 4.78 is 2.89. The van der Waals surface area contributed by atoms with E-state index in [1.54, 1.807) is 44.6 Å². The summed E-state index contributed by atoms with van der Waals surface area (Å²) in [5.41, 5.74) is 1.05. The van der Waals surface area contributed by atoms with E-state index in [1.807, 2.05) is 6.07 Å². The quantitative estimate of drug-likeness (QED) is 0.773. The third-order valence-corrected chi connectivity index (χ3v) is 3.37. The van der Waals surface area contributed by atoms with Crippen LogP contribution in [0.25, 0.3) is 11.4 Å². The number of pyridine rings is 1. The third-order valence-electron chi connectivity index (χ3n) is 3.37. The van der Waals surface area contributed by atoms with Crippen LogP contribution in [-0.2, 0) is 14.1 Å². The van der Waals surface area contributed by atoms with E-state index in [1.165, 1.54) is 15.3 Å². The first-order chi connectivity index (χ1) is 11.1. The molecule has 2 aromatic heterocycles. The van der Waals surface area contributed by atoms with Crippen LogP contribution in [0.4, 0.5) is 5.69 Å². The Kier molecular flexibility index (Phi) is 3.71. The normalized spacial score (nSPS) is 10.5. The molecular weight excluding hydrogens is 296 g/mol. The van der Waals surface area contributed by atoms with Crippen LogP contribution >= 0.6 is 0 Å². The zero-order valence-corrected chi connectivity index (χ0v) is 12.6. The highest BCUT2D eigenvalue weighted by molar-refractivity contribution is 6.04. The lowest BCUT2D eigenvalue weighted by Crippen LogP contribution is -2.27. The summed E-state index contributed by atoms with van der Waals surface area (Å²) in [5, 5.41) is 14.0. The SMILES string of the molecule is Cn1nnnc1-c1cccc(NC(=O)c2cccn(C)c2=O)c1. The van der Waals surface area contributed by atoms with Crippen LogP contribution in [0.2, 0.25) is 0 Å². The molecule has 0 aliphatic rings. The van der Waals surface area contributed by atoms with Gasteiger partial charge in [-0.25, -0.2) is 4.68 Å². The van der Waals surface area contributed by atoms with E-state index in [9.17, 15) is 9.59 Å². The summed E-state index contributed by atoms with van der Waals surface area (Å²) in [6, 6.07) is 10.2. The molecule has 0 saturated carbocycles. The fraction of sp³-hybridized carbons (Fsp3) is 0.133. The first-order valence-corrected chi connectivity index (χ1v) is 6.86. The van der Waals surface area contributed by atoms with Crippen molar-refractivity contribution < 1.29 is 4.79 Å². The van der Waals surface area contributed by atoms with Crippen molar-refractivity contribution in [2.24, 2.45) is 14.1 Å². The van der Waals surface area contributed by atoms with Crippen LogP contribution in [-0.4, -0.2) is 30.7 Å². The molecule has 0 fully saturated rings. The zero-order valence-electron chi connectivity index (χ0n) is 12.6. The summed E-state index contributed by atoms with van der Waals surface area (Å²) in [5.74, 6) is 0.121. The average molecular weight is 310 g/mol. The number of hydrogen-bond donors (Lipinski definition) is 1. The second-order valence-electron chi connectivity index (χ2n) is 5.00. The van der Waals surface area contributed by atoms with Gasteiger partial charge in [0.05, 0.1) is 0 Å². The molecule has 23 heavy (non-hydrogen) atoms. The van der Waals surface area contributed by atoms with E-state index < -0.39 is 5.91 Å². The number of nitrogens with one attached hydrogen (secondary N) is 1. The average Bonchev–Trinajstić information content (AvgIpc) is 2.96. The van der Waals surface area contributed by atoms with Crippen LogP contribution in [0.15, 0.2) is 47.4 Å². The Morgan fingerprint density at radius 1 is 1.17 bits per heavy atom. The molecule has 0 aliphatic carbocycles. The number of amides is 1. The lowest BCUT2D eigenvalue weighted by atomic mass is 10.1. The van der Waals surface area contributed by atoms with Crippen molar-refractivity contribution >= 4 is 11.6 Å². The van der Waals surface area contributed by atoms with Gasteiger partial charge in [-0.2, -0.15) is 0 Å². The molecule has 0 unspecified atom stereocenters. The number of nitrogens with zero attached hydrogens (tertiary/aromatic N) is 5. The minimum absolute atomic E-state index is 0.0840. The Morgan fingerprint density at radius 3 is 2.74 bits per heavy atom. The Hall–Kier alpha value is -3.29. The molecule has 0 bridgehead atoms. The number of carbonyl (C=O) groups is 1. The maximum absolute atomic E-state index is 12.3. The van der Waals surface area contributed by atoms with Gasteiger partial charge in [-0.05, 0) is 34.7 Å². The molecule has 1 aromatic carbocycles. The minimum Gasteiger partial charge on any atom is -0.322 e. The van der Waals surface area contributed by atoms with Crippen LogP contribution < -0.4 is 10.9 Å². The summed E-state index contributed by atoms with van der Waals surface area (Å²) in [4.78, 5) is 24.3. The van der Waals surface area contributed by atoms with Gasteiger partial charge in [-0.15, -0.1) is 5.10 Å². The standard InChI is InChI=1S/C15H14N6O2/c1-20-8-4-7-12(15(20)23)14(22)16-11-6-3-5-10(9-11)13-17-18-19-21(13)2/h3-9H,1-2H3,(H,16,22). The molecule has 0 atom stereocenters. The van der Waals surface area contributed by atoms with Crippen LogP contribution in [0.3, 0.4) is 0 Å². The highest BCUT2D eigenvalue weighted by Crippen LogP contribution is 2.19. The third kappa shape index (κ3) is 2.86. The molecule has 0 aliphatic heterocycles. The van der Waals surface area contributed by atoms with Gasteiger partial charge in [-0.1, -0.05) is 12.1 Å². The first kappa shape index (κ1) is 14.6. The highest BCUT2D eigenvalue weighted by atomic mass is 16.2. The van der Waals surface area contributed by atoms with Crippen molar-refractivity contribution in [3.63, 3.8) is 0 Å². The predicted molar refractivity (Wildman–Crippen MR) is 83.9 cm³/mol. The second kappa shape index (κ2) is 5.84. The van der Waals surface area contributed by atoms with E-state index in [0.29, 0.717) is 11.5 Å². The molecule has 8 heteroatoms. The lowest BCUT2D eigenvalue weighted by molar-refractivity contribution is 0.102. The summed E-state index contributed by atoms with van der Waals surface area (Å²) in [7, 11) is 3.33. The second-order valence-corrected chi connectivity index (χ2v) is 5.00. The molecule has 3 rings (SSSR count). The Balaban J connectivity index is 1.89. The molecule has 0 saturated heterocycles. The van der Waals surface area contributed by atoms with Crippen molar-refractivity contribution in [1.29, 1.82) is 0 Å². The van der Waals surface area contributed by atoms with Crippen LogP contribution in [0.5, 0.6) is 0 Å². The summed E-state index contributed by atoms with van der Waals surface area (Å²) in [6.07, 6.45) is 1.60. The molecule has 8 nitrogen and oxygen atoms in total. The number of tetrazole rings is 1. The molecular formula is C15H14N6O2. The van der Waals surface area contributed by atoms with Crippen molar-refractivity contribution in [2.45, 2.75) is 0 Å². The van der Waals surface area contributed by atoms with Gasteiger partial charge in [0, 0.05) is 31.5 Å². The predicted octanol–water partition coefficient (Wildman–Crippen LogP) is 0.828. The number of hydrogen-bond acceptors (Lipinski definition) is 5. The van der Waals surface area contributed by atoms with Crippen molar-refractivity contribution in [1.82, 2.24) is 24.8 Å². The van der Waals surface area contributed by atoms with Crippen molar-refractivity contribution in [3.8, 4) is 11.4 Å². The van der Waals surface area contributed by atoms with Gasteiger partial charge in [0.15, 0.2) is 5.82 Å². The first-order valence-electron chi connectivity index (χ1n) is 6.86. The van der Waals surface area contributed by atoms with Crippen LogP contribution in [0.1, 0.15) is 10.4 Å². The van der Waals surface area contributed by atoms with E-state index >= 15 is 0 Å². The number of aryl methyl sites for hydroxylation is 2. The Labute approximate surface area is 131 Å². The molecule has 3 aromatic rings. The summed E-state index contributed by atoms with van der Waals surface area (Å²) in [6.45, 7) is 0. The number of aromatic nitrogens is 5. The lowest BCUT2D eigenvalue weighted by Gasteiger charge is -2.07. The van der Waals surface area contributed by atoms with E-state index in [2.05, 4.69) is 20.8 Å². The van der Waals surface area contributed by atoms with Gasteiger partial charge in [0.1, 0.15) is 5.56 Å². The molecule has 0 radical (unpaired) electrons. The smallest absolute Gasteiger partial charge is 0.263 e. The maximum atomic E-state index is 12.3. The minimum atomic E-state index is -0.459. The Morgan fingerprint density at radius 2 is 2.00 bits per heavy atom. The van der Waals surface area contributed by atoms with Crippen molar-refractivity contribution in [2.75, 3.05) is 5.32 Å². The molecule has 0 spiro atoms. The van der Waals surface area contributed by atoms with Gasteiger partial charge >= 0.3 is 0 Å². The fourth-order valence-corrected chi connectivity index (χ4v) is 2.18. The van der Waals surface area contributed by atoms with Gasteiger partial charge in [-0.3, -0.25) is 9.59 Å².